The molecule has 0 aliphatic rings. The summed E-state index contributed by atoms with van der Waals surface area (Å²) < 4.78 is 5.60. The molecule has 2 aromatic rings. The van der Waals surface area contributed by atoms with E-state index in [0.29, 0.717) is 30.5 Å². The van der Waals surface area contributed by atoms with E-state index in [9.17, 15) is 4.79 Å². The van der Waals surface area contributed by atoms with E-state index < -0.39 is 0 Å². The van der Waals surface area contributed by atoms with E-state index in [2.05, 4.69) is 24.1 Å². The highest BCUT2D eigenvalue weighted by molar-refractivity contribution is 7.13. The van der Waals surface area contributed by atoms with E-state index in [1.165, 1.54) is 16.9 Å². The molecule has 0 radical (unpaired) electrons. The van der Waals surface area contributed by atoms with Gasteiger partial charge in [0, 0.05) is 11.8 Å². The second kappa shape index (κ2) is 7.94. The fraction of sp³-hybridized carbons (Fsp3) is 0.412. The standard InChI is InChI=1S/C17H22N2O2S/c1-12(2)15-11-22-17(18-15)19-16(20)5-4-10-21-14-8-6-13(3)7-9-14/h6-9,11-12H,4-5,10H2,1-3H3,(H,18,19,20). The Morgan fingerprint density at radius 1 is 1.32 bits per heavy atom. The van der Waals surface area contributed by atoms with Gasteiger partial charge in [-0.2, -0.15) is 0 Å². The Bertz CT molecular complexity index is 605. The molecule has 118 valence electrons. The normalized spacial score (nSPS) is 10.7. The second-order valence-electron chi connectivity index (χ2n) is 5.55. The van der Waals surface area contributed by atoms with Crippen LogP contribution in [-0.2, 0) is 4.79 Å². The van der Waals surface area contributed by atoms with E-state index in [1.807, 2.05) is 36.6 Å². The van der Waals surface area contributed by atoms with E-state index in [1.54, 1.807) is 0 Å². The van der Waals surface area contributed by atoms with Crippen molar-refractivity contribution in [3.63, 3.8) is 0 Å². The maximum atomic E-state index is 11.8. The summed E-state index contributed by atoms with van der Waals surface area (Å²) in [4.78, 5) is 16.2. The summed E-state index contributed by atoms with van der Waals surface area (Å²) in [5.41, 5.74) is 2.22. The third-order valence-electron chi connectivity index (χ3n) is 3.20. The molecule has 0 spiro atoms. The van der Waals surface area contributed by atoms with Crippen molar-refractivity contribution in [1.82, 2.24) is 4.98 Å². The Balaban J connectivity index is 1.68. The van der Waals surface area contributed by atoms with Gasteiger partial charge in [0.2, 0.25) is 5.91 Å². The third kappa shape index (κ3) is 5.15. The lowest BCUT2D eigenvalue weighted by Gasteiger charge is -2.06. The highest BCUT2D eigenvalue weighted by atomic mass is 32.1. The summed E-state index contributed by atoms with van der Waals surface area (Å²) in [6, 6.07) is 7.91. The number of hydrogen-bond donors (Lipinski definition) is 1. The zero-order valence-electron chi connectivity index (χ0n) is 13.3. The van der Waals surface area contributed by atoms with Crippen LogP contribution in [0.3, 0.4) is 0 Å². The number of carbonyl (C=O) groups is 1. The van der Waals surface area contributed by atoms with Gasteiger partial charge in [0.25, 0.3) is 0 Å². The molecule has 0 aliphatic carbocycles. The topological polar surface area (TPSA) is 51.2 Å². The minimum Gasteiger partial charge on any atom is -0.494 e. The SMILES string of the molecule is Cc1ccc(OCCCC(=O)Nc2nc(C(C)C)cs2)cc1. The first-order valence-electron chi connectivity index (χ1n) is 7.49. The number of nitrogens with zero attached hydrogens (tertiary/aromatic N) is 1. The fourth-order valence-corrected chi connectivity index (χ4v) is 2.74. The summed E-state index contributed by atoms with van der Waals surface area (Å²) >= 11 is 1.47. The maximum Gasteiger partial charge on any atom is 0.226 e. The van der Waals surface area contributed by atoms with E-state index in [4.69, 9.17) is 4.74 Å². The predicted octanol–water partition coefficient (Wildman–Crippen LogP) is 4.37. The number of carbonyl (C=O) groups excluding carboxylic acids is 1. The van der Waals surface area contributed by atoms with E-state index in [0.717, 1.165) is 11.4 Å². The fourth-order valence-electron chi connectivity index (χ4n) is 1.85. The molecule has 0 bridgehead atoms. The van der Waals surface area contributed by atoms with E-state index in [-0.39, 0.29) is 5.91 Å². The van der Waals surface area contributed by atoms with Crippen LogP contribution in [-0.4, -0.2) is 17.5 Å². The van der Waals surface area contributed by atoms with Crippen molar-refractivity contribution in [2.75, 3.05) is 11.9 Å². The lowest BCUT2D eigenvalue weighted by molar-refractivity contribution is -0.116. The molecule has 1 N–H and O–H groups in total. The van der Waals surface area contributed by atoms with Crippen LogP contribution >= 0.6 is 11.3 Å². The Hall–Kier alpha value is -1.88. The maximum absolute atomic E-state index is 11.8. The van der Waals surface area contributed by atoms with Crippen molar-refractivity contribution in [3.8, 4) is 5.75 Å². The summed E-state index contributed by atoms with van der Waals surface area (Å²) in [6.07, 6.45) is 1.12. The number of thiazole rings is 1. The first-order chi connectivity index (χ1) is 10.5. The monoisotopic (exact) mass is 318 g/mol. The van der Waals surface area contributed by atoms with Crippen molar-refractivity contribution < 1.29 is 9.53 Å². The van der Waals surface area contributed by atoms with Crippen molar-refractivity contribution in [2.24, 2.45) is 0 Å². The number of amides is 1. The zero-order valence-corrected chi connectivity index (χ0v) is 14.1. The largest absolute Gasteiger partial charge is 0.494 e. The van der Waals surface area contributed by atoms with Crippen molar-refractivity contribution in [2.45, 2.75) is 39.5 Å². The molecule has 0 fully saturated rings. The van der Waals surface area contributed by atoms with Gasteiger partial charge in [-0.05, 0) is 31.4 Å². The van der Waals surface area contributed by atoms with Crippen LogP contribution in [0.25, 0.3) is 0 Å². The summed E-state index contributed by atoms with van der Waals surface area (Å²) in [5.74, 6) is 1.20. The van der Waals surface area contributed by atoms with Gasteiger partial charge in [-0.1, -0.05) is 31.5 Å². The molecular weight excluding hydrogens is 296 g/mol. The zero-order chi connectivity index (χ0) is 15.9. The number of rotatable bonds is 7. The summed E-state index contributed by atoms with van der Waals surface area (Å²) in [7, 11) is 0. The molecule has 1 heterocycles. The molecule has 0 unspecified atom stereocenters. The van der Waals surface area contributed by atoms with Crippen molar-refractivity contribution >= 4 is 22.4 Å². The number of aromatic nitrogens is 1. The number of benzene rings is 1. The van der Waals surface area contributed by atoms with Crippen LogP contribution in [0, 0.1) is 6.92 Å². The van der Waals surface area contributed by atoms with Gasteiger partial charge in [0.1, 0.15) is 5.75 Å². The average molecular weight is 318 g/mol. The van der Waals surface area contributed by atoms with Crippen LogP contribution in [0.4, 0.5) is 5.13 Å². The van der Waals surface area contributed by atoms with Gasteiger partial charge in [0.15, 0.2) is 5.13 Å². The van der Waals surface area contributed by atoms with Gasteiger partial charge >= 0.3 is 0 Å². The molecule has 5 heteroatoms. The Labute approximate surface area is 135 Å². The number of aryl methyl sites for hydroxylation is 1. The lowest BCUT2D eigenvalue weighted by atomic mass is 10.2. The third-order valence-corrected chi connectivity index (χ3v) is 3.97. The summed E-state index contributed by atoms with van der Waals surface area (Å²) in [6.45, 7) is 6.75. The first kappa shape index (κ1) is 16.5. The van der Waals surface area contributed by atoms with Gasteiger partial charge in [-0.3, -0.25) is 4.79 Å². The first-order valence-corrected chi connectivity index (χ1v) is 8.37. The summed E-state index contributed by atoms with van der Waals surface area (Å²) in [5, 5.41) is 5.50. The molecule has 1 amide bonds. The van der Waals surface area contributed by atoms with Gasteiger partial charge < -0.3 is 10.1 Å². The molecule has 0 atom stereocenters. The van der Waals surface area contributed by atoms with Crippen LogP contribution in [0.1, 0.15) is 43.9 Å². The van der Waals surface area contributed by atoms with Crippen LogP contribution in [0.5, 0.6) is 5.75 Å². The Morgan fingerprint density at radius 3 is 2.68 bits per heavy atom. The highest BCUT2D eigenvalue weighted by Crippen LogP contribution is 2.21. The van der Waals surface area contributed by atoms with Crippen LogP contribution in [0.2, 0.25) is 0 Å². The molecule has 2 rings (SSSR count). The van der Waals surface area contributed by atoms with Crippen LogP contribution in [0.15, 0.2) is 29.6 Å². The van der Waals surface area contributed by atoms with Gasteiger partial charge in [-0.15, -0.1) is 11.3 Å². The molecule has 1 aromatic heterocycles. The Morgan fingerprint density at radius 2 is 2.05 bits per heavy atom. The van der Waals surface area contributed by atoms with Gasteiger partial charge in [-0.25, -0.2) is 4.98 Å². The molecule has 0 saturated heterocycles. The molecule has 0 aliphatic heterocycles. The lowest BCUT2D eigenvalue weighted by Crippen LogP contribution is -2.12. The van der Waals surface area contributed by atoms with Crippen molar-refractivity contribution in [3.05, 3.63) is 40.9 Å². The number of hydrogen-bond acceptors (Lipinski definition) is 4. The molecule has 1 aromatic carbocycles. The molecular formula is C17H22N2O2S. The number of nitrogens with one attached hydrogen (secondary N) is 1. The smallest absolute Gasteiger partial charge is 0.226 e. The number of anilines is 1. The van der Waals surface area contributed by atoms with Crippen molar-refractivity contribution in [1.29, 1.82) is 0 Å². The van der Waals surface area contributed by atoms with Gasteiger partial charge in [0.05, 0.1) is 12.3 Å². The molecule has 22 heavy (non-hydrogen) atoms. The number of ether oxygens (including phenoxy) is 1. The molecule has 4 nitrogen and oxygen atoms in total. The molecule has 0 saturated carbocycles. The van der Waals surface area contributed by atoms with Crippen LogP contribution < -0.4 is 10.1 Å². The quantitative estimate of drug-likeness (QED) is 0.771. The average Bonchev–Trinajstić information content (AvgIpc) is 2.94. The van der Waals surface area contributed by atoms with E-state index >= 15 is 0 Å². The minimum atomic E-state index is -0.0165. The Kier molecular flexibility index (Phi) is 5.95. The second-order valence-corrected chi connectivity index (χ2v) is 6.40. The predicted molar refractivity (Wildman–Crippen MR) is 90.7 cm³/mol. The highest BCUT2D eigenvalue weighted by Gasteiger charge is 2.08. The minimum absolute atomic E-state index is 0.0165.